The van der Waals surface area contributed by atoms with Crippen molar-refractivity contribution in [2.24, 2.45) is 0 Å². The minimum absolute atomic E-state index is 0.113. The Kier molecular flexibility index (Phi) is 2.79. The lowest BCUT2D eigenvalue weighted by Gasteiger charge is -2.16. The molecule has 0 aliphatic heterocycles. The third-order valence-corrected chi connectivity index (χ3v) is 4.34. The van der Waals surface area contributed by atoms with Gasteiger partial charge in [0.25, 0.3) is 5.56 Å². The summed E-state index contributed by atoms with van der Waals surface area (Å²) in [6, 6.07) is 0. The summed E-state index contributed by atoms with van der Waals surface area (Å²) in [5.41, 5.74) is 4.03. The minimum Gasteiger partial charge on any atom is -0.480 e. The fraction of sp³-hybridized carbons (Fsp3) is 0.312. The lowest BCUT2D eigenvalue weighted by molar-refractivity contribution is -0.137. The van der Waals surface area contributed by atoms with Gasteiger partial charge in [0.05, 0.1) is 0 Å². The van der Waals surface area contributed by atoms with E-state index in [1.807, 2.05) is 18.2 Å². The zero-order chi connectivity index (χ0) is 15.3. The van der Waals surface area contributed by atoms with Gasteiger partial charge in [-0.3, -0.25) is 9.59 Å². The van der Waals surface area contributed by atoms with Crippen LogP contribution in [0.3, 0.4) is 0 Å². The number of hydrogen-bond acceptors (Lipinski definition) is 3. The fourth-order valence-corrected chi connectivity index (χ4v) is 3.28. The van der Waals surface area contributed by atoms with E-state index in [-0.39, 0.29) is 12.1 Å². The molecule has 2 aliphatic carbocycles. The van der Waals surface area contributed by atoms with E-state index in [0.717, 1.165) is 53.5 Å². The third-order valence-electron chi connectivity index (χ3n) is 4.34. The minimum atomic E-state index is -0.979. The van der Waals surface area contributed by atoms with Crippen molar-refractivity contribution < 1.29 is 9.90 Å². The Morgan fingerprint density at radius 3 is 2.68 bits per heavy atom. The first-order chi connectivity index (χ1) is 10.6. The lowest BCUT2D eigenvalue weighted by Crippen LogP contribution is -2.20. The number of pyridine rings is 1. The molecule has 0 unspecified atom stereocenters. The maximum absolute atomic E-state index is 12.3. The van der Waals surface area contributed by atoms with Gasteiger partial charge in [0.2, 0.25) is 0 Å². The summed E-state index contributed by atoms with van der Waals surface area (Å²) in [5.74, 6) is -0.979. The number of carboxylic acid groups (broad SMARTS) is 1. The molecule has 2 aromatic heterocycles. The number of carbonyl (C=O) groups is 1. The van der Waals surface area contributed by atoms with Crippen molar-refractivity contribution in [2.45, 2.75) is 32.2 Å². The number of aromatic amines is 1. The number of H-pyrrole nitrogens is 1. The Morgan fingerprint density at radius 2 is 2.05 bits per heavy atom. The highest BCUT2D eigenvalue weighted by Gasteiger charge is 2.24. The predicted molar refractivity (Wildman–Crippen MR) is 81.7 cm³/mol. The van der Waals surface area contributed by atoms with E-state index in [1.165, 1.54) is 4.68 Å². The molecule has 112 valence electrons. The van der Waals surface area contributed by atoms with E-state index in [9.17, 15) is 9.59 Å². The highest BCUT2D eigenvalue weighted by molar-refractivity contribution is 5.97. The van der Waals surface area contributed by atoms with E-state index < -0.39 is 5.97 Å². The Balaban J connectivity index is 2.05. The molecule has 0 atom stereocenters. The second kappa shape index (κ2) is 4.69. The molecule has 0 bridgehead atoms. The monoisotopic (exact) mass is 297 g/mol. The van der Waals surface area contributed by atoms with Crippen LogP contribution in [0.25, 0.3) is 16.6 Å². The van der Waals surface area contributed by atoms with Crippen LogP contribution < -0.4 is 5.56 Å². The van der Waals surface area contributed by atoms with Crippen LogP contribution in [-0.2, 0) is 24.2 Å². The number of rotatable bonds is 3. The first kappa shape index (κ1) is 13.1. The Labute approximate surface area is 125 Å². The van der Waals surface area contributed by atoms with Gasteiger partial charge >= 0.3 is 5.97 Å². The van der Waals surface area contributed by atoms with Crippen LogP contribution in [0.5, 0.6) is 0 Å². The number of aliphatic carboxylic acids is 1. The zero-order valence-corrected chi connectivity index (χ0v) is 11.9. The topological polar surface area (TPSA) is 88.0 Å². The molecular weight excluding hydrogens is 282 g/mol. The van der Waals surface area contributed by atoms with Crippen molar-refractivity contribution in [3.63, 3.8) is 0 Å². The molecule has 6 heteroatoms. The van der Waals surface area contributed by atoms with Gasteiger partial charge in [-0.2, -0.15) is 5.10 Å². The summed E-state index contributed by atoms with van der Waals surface area (Å²) in [6.45, 7) is -0.262. The number of fused-ring (bicyclic) bond motifs is 3. The second-order valence-corrected chi connectivity index (χ2v) is 5.72. The summed E-state index contributed by atoms with van der Waals surface area (Å²) >= 11 is 0. The highest BCUT2D eigenvalue weighted by Crippen LogP contribution is 2.33. The Hall–Kier alpha value is -2.63. The molecule has 2 aliphatic rings. The normalized spacial score (nSPS) is 16.3. The van der Waals surface area contributed by atoms with Crippen LogP contribution >= 0.6 is 0 Å². The summed E-state index contributed by atoms with van der Waals surface area (Å²) in [4.78, 5) is 26.2. The van der Waals surface area contributed by atoms with E-state index in [0.29, 0.717) is 5.65 Å². The molecule has 0 radical (unpaired) electrons. The summed E-state index contributed by atoms with van der Waals surface area (Å²) < 4.78 is 1.39. The van der Waals surface area contributed by atoms with Crippen molar-refractivity contribution in [1.82, 2.24) is 14.8 Å². The number of aromatic nitrogens is 3. The first-order valence-electron chi connectivity index (χ1n) is 7.40. The van der Waals surface area contributed by atoms with Crippen LogP contribution in [0.4, 0.5) is 0 Å². The first-order valence-corrected chi connectivity index (χ1v) is 7.40. The van der Waals surface area contributed by atoms with Crippen LogP contribution in [0.2, 0.25) is 0 Å². The van der Waals surface area contributed by atoms with Crippen molar-refractivity contribution in [3.8, 4) is 0 Å². The maximum Gasteiger partial charge on any atom is 0.325 e. The lowest BCUT2D eigenvalue weighted by atomic mass is 9.89. The second-order valence-electron chi connectivity index (χ2n) is 5.72. The van der Waals surface area contributed by atoms with Gasteiger partial charge in [0.1, 0.15) is 17.9 Å². The van der Waals surface area contributed by atoms with Crippen molar-refractivity contribution in [3.05, 3.63) is 45.4 Å². The number of carboxylic acids is 1. The fourth-order valence-electron chi connectivity index (χ4n) is 3.28. The van der Waals surface area contributed by atoms with Gasteiger partial charge in [-0.05, 0) is 31.2 Å². The number of nitrogens with one attached hydrogen (secondary N) is 1. The van der Waals surface area contributed by atoms with Crippen LogP contribution in [0, 0.1) is 0 Å². The molecule has 2 aromatic rings. The van der Waals surface area contributed by atoms with Gasteiger partial charge in [-0.15, -0.1) is 0 Å². The third kappa shape index (κ3) is 1.83. The molecule has 6 nitrogen and oxygen atoms in total. The van der Waals surface area contributed by atoms with Gasteiger partial charge in [0.15, 0.2) is 0 Å². The molecule has 0 aromatic carbocycles. The standard InChI is InChI=1S/C16H15N3O3/c20-12(21)8-19-15-13(14(18-19)9-4-3-5-9)10-6-1-2-7-11(10)16(22)17-15/h3-5H,1-2,6-8H2,(H,17,22)(H,20,21). The number of allylic oxidation sites excluding steroid dienone is 4. The van der Waals surface area contributed by atoms with Crippen LogP contribution in [-0.4, -0.2) is 25.8 Å². The SMILES string of the molecule is O=C(O)Cn1nc(C2=CC=C2)c2c3c(c(=O)[nH]c21)CCCC3. The van der Waals surface area contributed by atoms with E-state index >= 15 is 0 Å². The van der Waals surface area contributed by atoms with E-state index in [2.05, 4.69) is 10.1 Å². The Bertz CT molecular complexity index is 915. The smallest absolute Gasteiger partial charge is 0.325 e. The van der Waals surface area contributed by atoms with Gasteiger partial charge < -0.3 is 10.1 Å². The van der Waals surface area contributed by atoms with E-state index in [4.69, 9.17) is 5.11 Å². The molecule has 0 amide bonds. The molecule has 4 rings (SSSR count). The largest absolute Gasteiger partial charge is 0.480 e. The maximum atomic E-state index is 12.3. The Morgan fingerprint density at radius 1 is 1.32 bits per heavy atom. The number of aryl methyl sites for hydroxylation is 1. The van der Waals surface area contributed by atoms with Crippen molar-refractivity contribution in [2.75, 3.05) is 0 Å². The average Bonchev–Trinajstić information content (AvgIpc) is 2.75. The molecular formula is C16H15N3O3. The van der Waals surface area contributed by atoms with Gasteiger partial charge in [-0.25, -0.2) is 4.68 Å². The molecule has 0 saturated heterocycles. The molecule has 2 heterocycles. The quantitative estimate of drug-likeness (QED) is 0.901. The molecule has 0 spiro atoms. The summed E-state index contributed by atoms with van der Waals surface area (Å²) in [7, 11) is 0. The molecule has 22 heavy (non-hydrogen) atoms. The molecule has 0 saturated carbocycles. The van der Waals surface area contributed by atoms with Crippen molar-refractivity contribution in [1.29, 1.82) is 0 Å². The molecule has 0 fully saturated rings. The summed E-state index contributed by atoms with van der Waals surface area (Å²) in [5, 5.41) is 14.4. The van der Waals surface area contributed by atoms with Gasteiger partial charge in [0, 0.05) is 16.5 Å². The van der Waals surface area contributed by atoms with E-state index in [1.54, 1.807) is 0 Å². The molecule has 2 N–H and O–H groups in total. The van der Waals surface area contributed by atoms with Crippen LogP contribution in [0.15, 0.2) is 23.0 Å². The van der Waals surface area contributed by atoms with Gasteiger partial charge in [-0.1, -0.05) is 18.2 Å². The zero-order valence-electron chi connectivity index (χ0n) is 11.9. The number of nitrogens with zero attached hydrogens (tertiary/aromatic N) is 2. The van der Waals surface area contributed by atoms with Crippen LogP contribution in [0.1, 0.15) is 29.7 Å². The number of hydrogen-bond donors (Lipinski definition) is 2. The highest BCUT2D eigenvalue weighted by atomic mass is 16.4. The predicted octanol–water partition coefficient (Wildman–Crippen LogP) is 1.64. The van der Waals surface area contributed by atoms with Crippen molar-refractivity contribution >= 4 is 22.6 Å². The summed E-state index contributed by atoms with van der Waals surface area (Å²) in [6.07, 6.45) is 9.51. The average molecular weight is 297 g/mol.